The van der Waals surface area contributed by atoms with Gasteiger partial charge < -0.3 is 19.8 Å². The van der Waals surface area contributed by atoms with Gasteiger partial charge in [0, 0.05) is 36.5 Å². The first kappa shape index (κ1) is 17.4. The number of nitrogens with zero attached hydrogens (tertiary/aromatic N) is 2. The van der Waals surface area contributed by atoms with Gasteiger partial charge in [0.1, 0.15) is 11.5 Å². The van der Waals surface area contributed by atoms with E-state index >= 15 is 0 Å². The number of alkyl halides is 3. The van der Waals surface area contributed by atoms with Crippen molar-refractivity contribution < 1.29 is 22.6 Å². The average Bonchev–Trinajstić information content (AvgIpc) is 3.31. The number of aromatic nitrogens is 2. The summed E-state index contributed by atoms with van der Waals surface area (Å²) in [5.74, 6) is 0.457. The van der Waals surface area contributed by atoms with Crippen molar-refractivity contribution in [2.24, 2.45) is 5.73 Å². The molecule has 4 rings (SSSR count). The molecule has 0 unspecified atom stereocenters. The normalized spacial score (nSPS) is 13.3. The molecule has 140 valence electrons. The molecule has 0 fully saturated rings. The lowest BCUT2D eigenvalue weighted by atomic mass is 9.95. The molecular weight excluding hydrogens is 359 g/mol. The van der Waals surface area contributed by atoms with Crippen LogP contribution in [0.3, 0.4) is 0 Å². The largest absolute Gasteiger partial charge is 0.573 e. The van der Waals surface area contributed by atoms with Crippen molar-refractivity contribution in [2.75, 3.05) is 6.61 Å². The van der Waals surface area contributed by atoms with Crippen molar-refractivity contribution >= 4 is 0 Å². The molecule has 0 amide bonds. The zero-order chi connectivity index (χ0) is 19.0. The second-order valence-corrected chi connectivity index (χ2v) is 6.08. The summed E-state index contributed by atoms with van der Waals surface area (Å²) in [6.07, 6.45) is 1.24. The third kappa shape index (κ3) is 3.35. The molecule has 3 aromatic rings. The van der Waals surface area contributed by atoms with E-state index in [0.717, 1.165) is 40.1 Å². The maximum Gasteiger partial charge on any atom is 0.573 e. The lowest BCUT2D eigenvalue weighted by Crippen LogP contribution is -2.16. The first-order chi connectivity index (χ1) is 13.0. The molecule has 1 aliphatic rings. The van der Waals surface area contributed by atoms with Crippen LogP contribution >= 0.6 is 0 Å². The summed E-state index contributed by atoms with van der Waals surface area (Å²) in [6.45, 7) is 0.844. The Labute approximate surface area is 153 Å². The fourth-order valence-corrected chi connectivity index (χ4v) is 3.34. The topological polar surface area (TPSA) is 62.3 Å². The first-order valence-electron chi connectivity index (χ1n) is 8.32. The number of nitrogens with two attached hydrogens (primary N) is 1. The Bertz CT molecular complexity index is 952. The molecule has 5 nitrogen and oxygen atoms in total. The molecule has 2 heterocycles. The predicted molar refractivity (Wildman–Crippen MR) is 92.8 cm³/mol. The molecule has 0 spiro atoms. The van der Waals surface area contributed by atoms with E-state index in [9.17, 15) is 13.2 Å². The van der Waals surface area contributed by atoms with Gasteiger partial charge in [0.2, 0.25) is 0 Å². The second kappa shape index (κ2) is 6.62. The van der Waals surface area contributed by atoms with Gasteiger partial charge in [0.25, 0.3) is 0 Å². The maximum atomic E-state index is 12.4. The van der Waals surface area contributed by atoms with E-state index in [-0.39, 0.29) is 5.75 Å². The van der Waals surface area contributed by atoms with Crippen LogP contribution < -0.4 is 15.2 Å². The van der Waals surface area contributed by atoms with Crippen molar-refractivity contribution in [1.82, 2.24) is 9.55 Å². The minimum absolute atomic E-state index is 0.266. The van der Waals surface area contributed by atoms with Gasteiger partial charge in [-0.1, -0.05) is 12.1 Å². The van der Waals surface area contributed by atoms with Crippen LogP contribution in [0.25, 0.3) is 16.8 Å². The van der Waals surface area contributed by atoms with Gasteiger partial charge in [-0.15, -0.1) is 13.2 Å². The molecule has 0 saturated heterocycles. The van der Waals surface area contributed by atoms with E-state index in [1.165, 1.54) is 12.1 Å². The summed E-state index contributed by atoms with van der Waals surface area (Å²) in [5.41, 5.74) is 10.4. The molecule has 1 aromatic heterocycles. The second-order valence-electron chi connectivity index (χ2n) is 6.08. The van der Waals surface area contributed by atoms with Gasteiger partial charge >= 0.3 is 6.36 Å². The van der Waals surface area contributed by atoms with Crippen molar-refractivity contribution in [1.29, 1.82) is 0 Å². The molecular formula is C19H16F3N3O2. The first-order valence-corrected chi connectivity index (χ1v) is 8.32. The molecule has 0 aliphatic carbocycles. The molecule has 0 bridgehead atoms. The van der Waals surface area contributed by atoms with Gasteiger partial charge in [0.15, 0.2) is 0 Å². The van der Waals surface area contributed by atoms with Crippen LogP contribution in [0, 0.1) is 0 Å². The van der Waals surface area contributed by atoms with Crippen LogP contribution in [-0.2, 0) is 13.0 Å². The third-order valence-electron chi connectivity index (χ3n) is 4.41. The molecule has 27 heavy (non-hydrogen) atoms. The Morgan fingerprint density at radius 2 is 2.00 bits per heavy atom. The lowest BCUT2D eigenvalue weighted by Gasteiger charge is -2.17. The monoisotopic (exact) mass is 375 g/mol. The number of imidazole rings is 1. The number of ether oxygens (including phenoxy) is 2. The molecule has 2 N–H and O–H groups in total. The number of hydrogen-bond acceptors (Lipinski definition) is 4. The third-order valence-corrected chi connectivity index (χ3v) is 4.41. The minimum atomic E-state index is -4.72. The fourth-order valence-electron chi connectivity index (χ4n) is 3.34. The quantitative estimate of drug-likeness (QED) is 0.753. The van der Waals surface area contributed by atoms with Crippen LogP contribution in [0.15, 0.2) is 49.1 Å². The van der Waals surface area contributed by atoms with E-state index in [4.69, 9.17) is 10.5 Å². The number of hydrogen-bond donors (Lipinski definition) is 1. The van der Waals surface area contributed by atoms with Crippen molar-refractivity contribution in [3.8, 4) is 28.3 Å². The molecule has 0 saturated carbocycles. The Morgan fingerprint density at radius 1 is 1.22 bits per heavy atom. The summed E-state index contributed by atoms with van der Waals surface area (Å²) >= 11 is 0. The van der Waals surface area contributed by atoms with Gasteiger partial charge in [0.05, 0.1) is 18.6 Å². The molecule has 1 aliphatic heterocycles. The molecule has 8 heteroatoms. The van der Waals surface area contributed by atoms with Crippen LogP contribution in [0.5, 0.6) is 11.5 Å². The van der Waals surface area contributed by atoms with Crippen LogP contribution in [-0.4, -0.2) is 22.5 Å². The zero-order valence-corrected chi connectivity index (χ0v) is 14.2. The smallest absolute Gasteiger partial charge is 0.492 e. The minimum Gasteiger partial charge on any atom is -0.492 e. The van der Waals surface area contributed by atoms with Crippen LogP contribution in [0.1, 0.15) is 11.1 Å². The van der Waals surface area contributed by atoms with Gasteiger partial charge in [-0.05, 0) is 29.3 Å². The summed E-state index contributed by atoms with van der Waals surface area (Å²) in [7, 11) is 0. The van der Waals surface area contributed by atoms with E-state index in [1.807, 2.05) is 16.8 Å². The van der Waals surface area contributed by atoms with Gasteiger partial charge in [-0.3, -0.25) is 0 Å². The standard InChI is InChI=1S/C19H16F3N3O2/c20-19(21,22)27-14-3-1-12(2-4-14)16-9-13(10-23)17(25-7-6-24-11-25)15-5-8-26-18(15)16/h1-4,6-7,9,11H,5,8,10,23H2. The summed E-state index contributed by atoms with van der Waals surface area (Å²) in [5, 5.41) is 0. The van der Waals surface area contributed by atoms with Crippen LogP contribution in [0.2, 0.25) is 0 Å². The fraction of sp³-hybridized carbons (Fsp3) is 0.211. The lowest BCUT2D eigenvalue weighted by molar-refractivity contribution is -0.274. The Hall–Kier alpha value is -3.00. The SMILES string of the molecule is NCc1cc(-c2ccc(OC(F)(F)F)cc2)c2c(c1-n1ccnc1)CCO2. The summed E-state index contributed by atoms with van der Waals surface area (Å²) < 4.78 is 48.8. The van der Waals surface area contributed by atoms with Crippen molar-refractivity contribution in [2.45, 2.75) is 19.3 Å². The highest BCUT2D eigenvalue weighted by molar-refractivity contribution is 5.78. The Balaban J connectivity index is 1.79. The van der Waals surface area contributed by atoms with E-state index in [2.05, 4.69) is 9.72 Å². The molecule has 0 atom stereocenters. The molecule has 0 radical (unpaired) electrons. The summed E-state index contributed by atoms with van der Waals surface area (Å²) in [4.78, 5) is 4.09. The van der Waals surface area contributed by atoms with Gasteiger partial charge in [-0.2, -0.15) is 0 Å². The molecule has 2 aromatic carbocycles. The van der Waals surface area contributed by atoms with Crippen molar-refractivity contribution in [3.63, 3.8) is 0 Å². The number of fused-ring (bicyclic) bond motifs is 1. The maximum absolute atomic E-state index is 12.4. The van der Waals surface area contributed by atoms with E-state index < -0.39 is 6.36 Å². The number of rotatable bonds is 4. The van der Waals surface area contributed by atoms with E-state index in [0.29, 0.717) is 13.2 Å². The van der Waals surface area contributed by atoms with Gasteiger partial charge in [-0.25, -0.2) is 4.98 Å². The highest BCUT2D eigenvalue weighted by Crippen LogP contribution is 2.42. The zero-order valence-electron chi connectivity index (χ0n) is 14.2. The number of halogens is 3. The number of benzene rings is 2. The Kier molecular flexibility index (Phi) is 4.27. The highest BCUT2D eigenvalue weighted by Gasteiger charge is 2.31. The average molecular weight is 375 g/mol. The Morgan fingerprint density at radius 3 is 2.63 bits per heavy atom. The van der Waals surface area contributed by atoms with Crippen LogP contribution in [0.4, 0.5) is 13.2 Å². The summed E-state index contributed by atoms with van der Waals surface area (Å²) in [6, 6.07) is 7.65. The van der Waals surface area contributed by atoms with E-state index in [1.54, 1.807) is 24.7 Å². The predicted octanol–water partition coefficient (Wildman–Crippen LogP) is 3.83. The van der Waals surface area contributed by atoms with Crippen molar-refractivity contribution in [3.05, 3.63) is 60.2 Å². The highest BCUT2D eigenvalue weighted by atomic mass is 19.4.